The number of unbranched alkanes of at least 4 members (excludes halogenated alkanes) is 2. The number of aliphatic hydroxyl groups is 1. The van der Waals surface area contributed by atoms with Crippen molar-refractivity contribution in [2.75, 3.05) is 5.33 Å². The Morgan fingerprint density at radius 1 is 1.17 bits per heavy atom. The molecule has 1 aliphatic rings. The lowest BCUT2D eigenvalue weighted by atomic mass is 10.1. The van der Waals surface area contributed by atoms with E-state index in [0.717, 1.165) is 18.2 Å². The second-order valence-corrected chi connectivity index (χ2v) is 5.29. The molecule has 0 saturated carbocycles. The number of allylic oxidation sites excluding steroid dienone is 1. The van der Waals surface area contributed by atoms with Crippen molar-refractivity contribution in [3.05, 3.63) is 11.3 Å². The molecule has 0 radical (unpaired) electrons. The van der Waals surface area contributed by atoms with Crippen molar-refractivity contribution < 1.29 is 24.2 Å². The smallest absolute Gasteiger partial charge is 0.352 e. The van der Waals surface area contributed by atoms with E-state index >= 15 is 0 Å². The molecule has 1 N–H and O–H groups in total. The van der Waals surface area contributed by atoms with Crippen LogP contribution in [-0.2, 0) is 19.1 Å². The fourth-order valence-electron chi connectivity index (χ4n) is 1.58. The average Bonchev–Trinajstić information content (AvgIpc) is 2.21. The fourth-order valence-corrected chi connectivity index (χ4v) is 1.97. The summed E-state index contributed by atoms with van der Waals surface area (Å²) in [7, 11) is 0. The number of ether oxygens (including phenoxy) is 2. The third kappa shape index (κ3) is 4.01. The van der Waals surface area contributed by atoms with Gasteiger partial charge in [0.2, 0.25) is 0 Å². The highest BCUT2D eigenvalue weighted by Crippen LogP contribution is 2.25. The second-order valence-electron chi connectivity index (χ2n) is 4.50. The first-order valence-electron chi connectivity index (χ1n) is 5.82. The van der Waals surface area contributed by atoms with Crippen LogP contribution in [0.25, 0.3) is 0 Å². The Labute approximate surface area is 114 Å². The van der Waals surface area contributed by atoms with Crippen molar-refractivity contribution >= 4 is 27.9 Å². The topological polar surface area (TPSA) is 72.8 Å². The minimum Gasteiger partial charge on any atom is -0.511 e. The Hall–Kier alpha value is -1.04. The molecule has 1 heterocycles. The van der Waals surface area contributed by atoms with E-state index in [1.807, 2.05) is 0 Å². The second kappa shape index (κ2) is 6.22. The molecular formula is C12H17BrO5. The quantitative estimate of drug-likeness (QED) is 0.210. The fraction of sp³-hybridized carbons (Fsp3) is 0.667. The van der Waals surface area contributed by atoms with Crippen molar-refractivity contribution in [3.63, 3.8) is 0 Å². The van der Waals surface area contributed by atoms with Crippen molar-refractivity contribution in [1.29, 1.82) is 0 Å². The molecule has 1 saturated heterocycles. The summed E-state index contributed by atoms with van der Waals surface area (Å²) in [5.41, 5.74) is -0.381. The molecule has 1 fully saturated rings. The van der Waals surface area contributed by atoms with Crippen LogP contribution in [0.3, 0.4) is 0 Å². The summed E-state index contributed by atoms with van der Waals surface area (Å²) in [6.07, 6.45) is 2.85. The van der Waals surface area contributed by atoms with E-state index in [4.69, 9.17) is 9.47 Å². The lowest BCUT2D eigenvalue weighted by Crippen LogP contribution is -2.42. The van der Waals surface area contributed by atoms with Gasteiger partial charge in [0, 0.05) is 25.6 Å². The summed E-state index contributed by atoms with van der Waals surface area (Å²) >= 11 is 3.30. The molecule has 0 amide bonds. The SMILES string of the molecule is CC1(C)OC(=O)C(=C(O)CCCCCBr)C(=O)O1. The Morgan fingerprint density at radius 3 is 2.22 bits per heavy atom. The molecule has 6 heteroatoms. The first kappa shape index (κ1) is 15.0. The van der Waals surface area contributed by atoms with Crippen LogP contribution < -0.4 is 0 Å². The van der Waals surface area contributed by atoms with Gasteiger partial charge in [0.05, 0.1) is 0 Å². The number of hydrogen-bond acceptors (Lipinski definition) is 5. The normalized spacial score (nSPS) is 18.3. The third-order valence-electron chi connectivity index (χ3n) is 2.42. The minimum atomic E-state index is -1.27. The van der Waals surface area contributed by atoms with Gasteiger partial charge in [-0.15, -0.1) is 0 Å². The highest BCUT2D eigenvalue weighted by atomic mass is 79.9. The van der Waals surface area contributed by atoms with Crippen LogP contribution in [0.4, 0.5) is 0 Å². The lowest BCUT2D eigenvalue weighted by Gasteiger charge is -2.30. The van der Waals surface area contributed by atoms with Gasteiger partial charge in [-0.3, -0.25) is 0 Å². The van der Waals surface area contributed by atoms with Crippen LogP contribution in [0.15, 0.2) is 11.3 Å². The number of halogens is 1. The summed E-state index contributed by atoms with van der Waals surface area (Å²) in [4.78, 5) is 23.2. The largest absolute Gasteiger partial charge is 0.511 e. The lowest BCUT2D eigenvalue weighted by molar-refractivity contribution is -0.222. The first-order chi connectivity index (χ1) is 8.37. The predicted octanol–water partition coefficient (Wildman–Crippen LogP) is 2.59. The van der Waals surface area contributed by atoms with Gasteiger partial charge in [-0.2, -0.15) is 0 Å². The molecule has 0 aromatic carbocycles. The molecule has 1 aliphatic heterocycles. The Morgan fingerprint density at radius 2 is 1.72 bits per heavy atom. The number of carbonyl (C=O) groups is 2. The highest BCUT2D eigenvalue weighted by Gasteiger charge is 2.40. The predicted molar refractivity (Wildman–Crippen MR) is 68.2 cm³/mol. The summed E-state index contributed by atoms with van der Waals surface area (Å²) in [6, 6.07) is 0. The molecule has 1 rings (SSSR count). The van der Waals surface area contributed by atoms with E-state index in [2.05, 4.69) is 15.9 Å². The molecule has 5 nitrogen and oxygen atoms in total. The monoisotopic (exact) mass is 320 g/mol. The summed E-state index contributed by atoms with van der Waals surface area (Å²) in [5.74, 6) is -3.17. The number of carbonyl (C=O) groups excluding carboxylic acids is 2. The van der Waals surface area contributed by atoms with Crippen LogP contribution in [0.5, 0.6) is 0 Å². The molecule has 0 bridgehead atoms. The van der Waals surface area contributed by atoms with Crippen molar-refractivity contribution in [3.8, 4) is 0 Å². The van der Waals surface area contributed by atoms with Gasteiger partial charge in [-0.05, 0) is 12.8 Å². The summed E-state index contributed by atoms with van der Waals surface area (Å²) < 4.78 is 9.80. The van der Waals surface area contributed by atoms with E-state index in [1.54, 1.807) is 0 Å². The van der Waals surface area contributed by atoms with Crippen molar-refractivity contribution in [1.82, 2.24) is 0 Å². The van der Waals surface area contributed by atoms with E-state index < -0.39 is 17.7 Å². The molecule has 0 aliphatic carbocycles. The van der Waals surface area contributed by atoms with Gasteiger partial charge in [0.1, 0.15) is 5.76 Å². The average molecular weight is 321 g/mol. The van der Waals surface area contributed by atoms with Gasteiger partial charge in [0.15, 0.2) is 5.57 Å². The van der Waals surface area contributed by atoms with Crippen LogP contribution >= 0.6 is 15.9 Å². The molecule has 0 aromatic heterocycles. The minimum absolute atomic E-state index is 0.255. The molecule has 0 aromatic rings. The van der Waals surface area contributed by atoms with Crippen LogP contribution in [0.2, 0.25) is 0 Å². The van der Waals surface area contributed by atoms with E-state index in [0.29, 0.717) is 6.42 Å². The maximum atomic E-state index is 11.6. The number of cyclic esters (lactones) is 2. The van der Waals surface area contributed by atoms with Gasteiger partial charge in [-0.25, -0.2) is 9.59 Å². The highest BCUT2D eigenvalue weighted by molar-refractivity contribution is 9.09. The molecule has 0 unspecified atom stereocenters. The Kier molecular flexibility index (Phi) is 5.19. The standard InChI is InChI=1S/C12H17BrO5/c1-12(2)17-10(15)9(11(16)18-12)8(14)6-4-3-5-7-13/h14H,3-7H2,1-2H3. The number of esters is 2. The molecule has 18 heavy (non-hydrogen) atoms. The number of alkyl halides is 1. The third-order valence-corrected chi connectivity index (χ3v) is 2.98. The van der Waals surface area contributed by atoms with Crippen molar-refractivity contribution in [2.45, 2.75) is 45.3 Å². The molecule has 102 valence electrons. The van der Waals surface area contributed by atoms with Gasteiger partial charge in [0.25, 0.3) is 5.79 Å². The zero-order chi connectivity index (χ0) is 13.8. The number of rotatable bonds is 5. The maximum Gasteiger partial charge on any atom is 0.352 e. The summed E-state index contributed by atoms with van der Waals surface area (Å²) in [6.45, 7) is 2.93. The maximum absolute atomic E-state index is 11.6. The zero-order valence-corrected chi connectivity index (χ0v) is 12.1. The van der Waals surface area contributed by atoms with Crippen molar-refractivity contribution in [2.24, 2.45) is 0 Å². The molecule has 0 atom stereocenters. The van der Waals surface area contributed by atoms with Gasteiger partial charge in [-0.1, -0.05) is 22.4 Å². The van der Waals surface area contributed by atoms with Crippen LogP contribution in [-0.4, -0.2) is 28.2 Å². The molecule has 0 spiro atoms. The molecular weight excluding hydrogens is 304 g/mol. The number of aliphatic hydroxyl groups excluding tert-OH is 1. The Balaban J connectivity index is 2.68. The van der Waals surface area contributed by atoms with E-state index in [1.165, 1.54) is 13.8 Å². The first-order valence-corrected chi connectivity index (χ1v) is 6.94. The summed E-state index contributed by atoms with van der Waals surface area (Å²) in [5, 5.41) is 10.6. The van der Waals surface area contributed by atoms with E-state index in [-0.39, 0.29) is 17.8 Å². The van der Waals surface area contributed by atoms with Gasteiger partial charge < -0.3 is 14.6 Å². The van der Waals surface area contributed by atoms with Crippen LogP contribution in [0, 0.1) is 0 Å². The Bertz CT molecular complexity index is 351. The van der Waals surface area contributed by atoms with Gasteiger partial charge >= 0.3 is 11.9 Å². The van der Waals surface area contributed by atoms with E-state index in [9.17, 15) is 14.7 Å². The number of hydrogen-bond donors (Lipinski definition) is 1. The zero-order valence-electron chi connectivity index (χ0n) is 10.5. The van der Waals surface area contributed by atoms with Crippen LogP contribution in [0.1, 0.15) is 39.5 Å².